The van der Waals surface area contributed by atoms with Gasteiger partial charge in [0.15, 0.2) is 0 Å². The molecule has 1 fully saturated rings. The zero-order valence-electron chi connectivity index (χ0n) is 16.9. The number of ether oxygens (including phenoxy) is 2. The zero-order valence-corrected chi connectivity index (χ0v) is 17.7. The van der Waals surface area contributed by atoms with Crippen molar-refractivity contribution in [3.8, 4) is 0 Å². The van der Waals surface area contributed by atoms with Crippen LogP contribution < -0.4 is 4.90 Å². The molecule has 2 aromatic heterocycles. The first kappa shape index (κ1) is 20.1. The molecule has 0 saturated carbocycles. The molecule has 0 N–H and O–H groups in total. The van der Waals surface area contributed by atoms with Crippen LogP contribution in [0.2, 0.25) is 0 Å². The van der Waals surface area contributed by atoms with Crippen molar-refractivity contribution in [3.63, 3.8) is 0 Å². The first-order chi connectivity index (χ1) is 14.3. The summed E-state index contributed by atoms with van der Waals surface area (Å²) in [4.78, 5) is 2.34. The molecule has 3 aromatic rings. The van der Waals surface area contributed by atoms with Crippen LogP contribution in [0.1, 0.15) is 23.4 Å². The van der Waals surface area contributed by atoms with E-state index in [0.29, 0.717) is 19.1 Å². The van der Waals surface area contributed by atoms with Gasteiger partial charge in [0.1, 0.15) is 5.82 Å². The van der Waals surface area contributed by atoms with Crippen molar-refractivity contribution >= 4 is 17.3 Å². The second-order valence-electron chi connectivity index (χ2n) is 7.47. The number of benzene rings is 1. The number of methoxy groups -OCH3 is 1. The van der Waals surface area contributed by atoms with Gasteiger partial charge in [-0.05, 0) is 34.4 Å². The van der Waals surface area contributed by atoms with E-state index < -0.39 is 0 Å². The molecule has 1 aliphatic heterocycles. The molecule has 29 heavy (non-hydrogen) atoms. The maximum absolute atomic E-state index is 5.97. The van der Waals surface area contributed by atoms with E-state index in [4.69, 9.17) is 9.47 Å². The summed E-state index contributed by atoms with van der Waals surface area (Å²) >= 11 is 1.71. The van der Waals surface area contributed by atoms with Gasteiger partial charge in [0.2, 0.25) is 5.95 Å². The fourth-order valence-electron chi connectivity index (χ4n) is 3.75. The highest BCUT2D eigenvalue weighted by atomic mass is 32.1. The molecule has 6 nitrogen and oxygen atoms in total. The summed E-state index contributed by atoms with van der Waals surface area (Å²) in [6.07, 6.45) is 1.92. The minimum Gasteiger partial charge on any atom is -0.383 e. The molecule has 0 spiro atoms. The lowest BCUT2D eigenvalue weighted by atomic mass is 10.1. The Kier molecular flexibility index (Phi) is 6.92. The minimum atomic E-state index is 0.520. The van der Waals surface area contributed by atoms with Gasteiger partial charge in [-0.1, -0.05) is 30.3 Å². The Balaban J connectivity index is 1.36. The summed E-state index contributed by atoms with van der Waals surface area (Å²) in [5.41, 5.74) is 2.50. The minimum absolute atomic E-state index is 0.520. The van der Waals surface area contributed by atoms with Crippen molar-refractivity contribution in [3.05, 3.63) is 64.1 Å². The number of aromatic nitrogens is 3. The fourth-order valence-corrected chi connectivity index (χ4v) is 4.41. The van der Waals surface area contributed by atoms with Crippen LogP contribution in [-0.2, 0) is 29.0 Å². The van der Waals surface area contributed by atoms with Gasteiger partial charge in [-0.2, -0.15) is 11.3 Å². The van der Waals surface area contributed by atoms with Crippen molar-refractivity contribution in [1.29, 1.82) is 0 Å². The Morgan fingerprint density at radius 1 is 1.14 bits per heavy atom. The van der Waals surface area contributed by atoms with Crippen molar-refractivity contribution in [2.75, 3.05) is 38.3 Å². The van der Waals surface area contributed by atoms with Gasteiger partial charge < -0.3 is 14.4 Å². The van der Waals surface area contributed by atoms with Crippen LogP contribution in [0, 0.1) is 5.92 Å². The number of anilines is 1. The Morgan fingerprint density at radius 2 is 2.03 bits per heavy atom. The van der Waals surface area contributed by atoms with Crippen LogP contribution in [0.15, 0.2) is 47.2 Å². The van der Waals surface area contributed by atoms with Gasteiger partial charge in [-0.15, -0.1) is 10.2 Å². The Labute approximate surface area is 176 Å². The van der Waals surface area contributed by atoms with Gasteiger partial charge in [-0.25, -0.2) is 0 Å². The van der Waals surface area contributed by atoms with Crippen molar-refractivity contribution < 1.29 is 9.47 Å². The molecule has 154 valence electrons. The monoisotopic (exact) mass is 412 g/mol. The zero-order chi connectivity index (χ0) is 19.9. The van der Waals surface area contributed by atoms with E-state index in [1.165, 1.54) is 11.1 Å². The SMILES string of the molecule is COCCn1c(Cc2ccsc2)nnc1N1CC[C@@H](COCc2ccccc2)C1. The highest BCUT2D eigenvalue weighted by Crippen LogP contribution is 2.25. The third-order valence-corrected chi connectivity index (χ3v) is 6.04. The normalized spacial score (nSPS) is 16.6. The number of nitrogens with zero attached hydrogens (tertiary/aromatic N) is 4. The van der Waals surface area contributed by atoms with E-state index in [2.05, 4.69) is 60.8 Å². The third-order valence-electron chi connectivity index (χ3n) is 5.30. The largest absolute Gasteiger partial charge is 0.383 e. The second kappa shape index (κ2) is 10.0. The average molecular weight is 413 g/mol. The quantitative estimate of drug-likeness (QED) is 0.509. The maximum Gasteiger partial charge on any atom is 0.227 e. The Morgan fingerprint density at radius 3 is 2.83 bits per heavy atom. The molecule has 1 saturated heterocycles. The Hall–Kier alpha value is -2.22. The lowest BCUT2D eigenvalue weighted by Crippen LogP contribution is -2.26. The number of hydrogen-bond donors (Lipinski definition) is 0. The maximum atomic E-state index is 5.97. The summed E-state index contributed by atoms with van der Waals surface area (Å²) in [7, 11) is 1.73. The topological polar surface area (TPSA) is 52.4 Å². The highest BCUT2D eigenvalue weighted by molar-refractivity contribution is 7.07. The van der Waals surface area contributed by atoms with Crippen LogP contribution in [-0.4, -0.2) is 48.2 Å². The van der Waals surface area contributed by atoms with Crippen LogP contribution in [0.3, 0.4) is 0 Å². The van der Waals surface area contributed by atoms with Crippen molar-refractivity contribution in [2.45, 2.75) is 26.0 Å². The van der Waals surface area contributed by atoms with E-state index >= 15 is 0 Å². The Bertz CT molecular complexity index is 866. The van der Waals surface area contributed by atoms with Crippen LogP contribution >= 0.6 is 11.3 Å². The van der Waals surface area contributed by atoms with E-state index in [-0.39, 0.29) is 0 Å². The van der Waals surface area contributed by atoms with Crippen molar-refractivity contribution in [1.82, 2.24) is 14.8 Å². The van der Waals surface area contributed by atoms with E-state index in [1.807, 2.05) is 6.07 Å². The molecule has 4 rings (SSSR count). The molecule has 1 aromatic carbocycles. The number of hydrogen-bond acceptors (Lipinski definition) is 6. The summed E-state index contributed by atoms with van der Waals surface area (Å²) in [5, 5.41) is 13.3. The first-order valence-electron chi connectivity index (χ1n) is 10.1. The predicted octanol–water partition coefficient (Wildman–Crippen LogP) is 3.62. The molecule has 0 bridgehead atoms. The molecule has 0 radical (unpaired) electrons. The predicted molar refractivity (Wildman–Crippen MR) is 115 cm³/mol. The molecule has 0 amide bonds. The molecule has 3 heterocycles. The van der Waals surface area contributed by atoms with Crippen LogP contribution in [0.25, 0.3) is 0 Å². The number of thiophene rings is 1. The summed E-state index contributed by atoms with van der Waals surface area (Å²) in [6.45, 7) is 4.82. The molecule has 1 atom stereocenters. The van der Waals surface area contributed by atoms with E-state index in [0.717, 1.165) is 50.9 Å². The second-order valence-corrected chi connectivity index (χ2v) is 8.25. The summed E-state index contributed by atoms with van der Waals surface area (Å²) in [6, 6.07) is 12.5. The smallest absolute Gasteiger partial charge is 0.227 e. The van der Waals surface area contributed by atoms with E-state index in [9.17, 15) is 0 Å². The molecule has 0 unspecified atom stereocenters. The summed E-state index contributed by atoms with van der Waals surface area (Å²) < 4.78 is 13.5. The van der Waals surface area contributed by atoms with Gasteiger partial charge in [0.05, 0.1) is 26.4 Å². The lowest BCUT2D eigenvalue weighted by molar-refractivity contribution is 0.0929. The van der Waals surface area contributed by atoms with Gasteiger partial charge in [-0.3, -0.25) is 4.57 Å². The van der Waals surface area contributed by atoms with Crippen molar-refractivity contribution in [2.24, 2.45) is 5.92 Å². The summed E-state index contributed by atoms with van der Waals surface area (Å²) in [5.74, 6) is 2.48. The lowest BCUT2D eigenvalue weighted by Gasteiger charge is -2.19. The number of rotatable bonds is 10. The van der Waals surface area contributed by atoms with E-state index in [1.54, 1.807) is 18.4 Å². The van der Waals surface area contributed by atoms with Gasteiger partial charge >= 0.3 is 0 Å². The molecule has 1 aliphatic rings. The highest BCUT2D eigenvalue weighted by Gasteiger charge is 2.27. The third kappa shape index (κ3) is 5.23. The van der Waals surface area contributed by atoms with Crippen LogP contribution in [0.4, 0.5) is 5.95 Å². The van der Waals surface area contributed by atoms with Gasteiger partial charge in [0.25, 0.3) is 0 Å². The first-order valence-corrected chi connectivity index (χ1v) is 11.1. The molecular formula is C22H28N4O2S. The fraction of sp³-hybridized carbons (Fsp3) is 0.455. The standard InChI is InChI=1S/C22H28N4O2S/c1-27-11-10-26-21(13-19-8-12-29-17-19)23-24-22(26)25-9-7-20(14-25)16-28-15-18-5-3-2-4-6-18/h2-6,8,12,17,20H,7,9-11,13-16H2,1H3/t20-/m1/s1. The van der Waals surface area contributed by atoms with Gasteiger partial charge in [0, 0.05) is 32.5 Å². The molecule has 0 aliphatic carbocycles. The molecule has 7 heteroatoms. The average Bonchev–Trinajstić information content (AvgIpc) is 3.49. The molecular weight excluding hydrogens is 384 g/mol. The van der Waals surface area contributed by atoms with Crippen LogP contribution in [0.5, 0.6) is 0 Å².